The highest BCUT2D eigenvalue weighted by Gasteiger charge is 2.33. The van der Waals surface area contributed by atoms with Crippen LogP contribution < -0.4 is 10.6 Å². The topological polar surface area (TPSA) is 87.7 Å². The molecule has 1 atom stereocenters. The second kappa shape index (κ2) is 8.52. The van der Waals surface area contributed by atoms with E-state index in [0.717, 1.165) is 12.8 Å². The average molecular weight is 285 g/mol. The zero-order valence-corrected chi connectivity index (χ0v) is 12.1. The van der Waals surface area contributed by atoms with Gasteiger partial charge in [0.05, 0.1) is 13.2 Å². The number of ether oxygens (including phenoxy) is 1. The van der Waals surface area contributed by atoms with Crippen molar-refractivity contribution in [2.24, 2.45) is 0 Å². The Kier molecular flexibility index (Phi) is 7.00. The van der Waals surface area contributed by atoms with Crippen LogP contribution in [0.3, 0.4) is 0 Å². The summed E-state index contributed by atoms with van der Waals surface area (Å²) in [7, 11) is 0. The first kappa shape index (κ1) is 16.4. The highest BCUT2D eigenvalue weighted by atomic mass is 16.5. The maximum Gasteiger partial charge on any atom is 0.323 e. The highest BCUT2D eigenvalue weighted by Crippen LogP contribution is 2.17. The van der Waals surface area contributed by atoms with Gasteiger partial charge in [-0.05, 0) is 32.7 Å². The molecule has 1 saturated heterocycles. The molecule has 7 heteroatoms. The zero-order valence-electron chi connectivity index (χ0n) is 12.1. The first-order valence-corrected chi connectivity index (χ1v) is 7.06. The van der Waals surface area contributed by atoms with Crippen molar-refractivity contribution in [2.75, 3.05) is 26.2 Å². The van der Waals surface area contributed by atoms with Gasteiger partial charge in [0.2, 0.25) is 5.91 Å². The number of likely N-dealkylation sites (tertiary alicyclic amines) is 1. The van der Waals surface area contributed by atoms with Crippen LogP contribution in [0.15, 0.2) is 0 Å². The van der Waals surface area contributed by atoms with Gasteiger partial charge in [0.15, 0.2) is 0 Å². The van der Waals surface area contributed by atoms with Crippen LogP contribution >= 0.6 is 0 Å². The zero-order chi connectivity index (χ0) is 15.0. The van der Waals surface area contributed by atoms with E-state index in [1.807, 2.05) is 6.92 Å². The van der Waals surface area contributed by atoms with Gasteiger partial charge in [-0.25, -0.2) is 4.79 Å². The summed E-state index contributed by atoms with van der Waals surface area (Å²) >= 11 is 0. The number of carbonyl (C=O) groups excluding carboxylic acids is 3. The van der Waals surface area contributed by atoms with E-state index in [-0.39, 0.29) is 18.6 Å². The summed E-state index contributed by atoms with van der Waals surface area (Å²) in [6, 6.07) is -0.872. The Morgan fingerprint density at radius 3 is 2.70 bits per heavy atom. The Morgan fingerprint density at radius 2 is 2.05 bits per heavy atom. The normalized spacial score (nSPS) is 18.6. The van der Waals surface area contributed by atoms with Crippen LogP contribution in [0.1, 0.15) is 33.1 Å². The molecule has 0 aliphatic carbocycles. The maximum absolute atomic E-state index is 11.7. The second-order valence-corrected chi connectivity index (χ2v) is 4.68. The van der Waals surface area contributed by atoms with Crippen LogP contribution in [0.25, 0.3) is 0 Å². The molecule has 0 spiro atoms. The molecule has 1 heterocycles. The van der Waals surface area contributed by atoms with Crippen molar-refractivity contribution in [3.05, 3.63) is 0 Å². The molecule has 7 nitrogen and oxygen atoms in total. The van der Waals surface area contributed by atoms with E-state index in [1.165, 1.54) is 0 Å². The van der Waals surface area contributed by atoms with E-state index in [9.17, 15) is 14.4 Å². The van der Waals surface area contributed by atoms with Gasteiger partial charge in [0, 0.05) is 6.54 Å². The lowest BCUT2D eigenvalue weighted by molar-refractivity contribution is -0.148. The number of hydrogen-bond acceptors (Lipinski definition) is 5. The van der Waals surface area contributed by atoms with Gasteiger partial charge in [0.1, 0.15) is 6.04 Å². The molecule has 1 aliphatic heterocycles. The molecule has 1 aliphatic rings. The summed E-state index contributed by atoms with van der Waals surface area (Å²) in [5.41, 5.74) is 0. The predicted octanol–water partition coefficient (Wildman–Crippen LogP) is 0.250. The van der Waals surface area contributed by atoms with Crippen LogP contribution in [0.5, 0.6) is 0 Å². The Morgan fingerprint density at radius 1 is 1.30 bits per heavy atom. The lowest BCUT2D eigenvalue weighted by atomic mass is 10.2. The van der Waals surface area contributed by atoms with E-state index in [1.54, 1.807) is 11.8 Å². The number of rotatable bonds is 6. The van der Waals surface area contributed by atoms with E-state index in [2.05, 4.69) is 10.6 Å². The fourth-order valence-corrected chi connectivity index (χ4v) is 2.15. The molecule has 0 bridgehead atoms. The Bertz CT molecular complexity index is 360. The molecule has 1 rings (SSSR count). The van der Waals surface area contributed by atoms with Crippen molar-refractivity contribution < 1.29 is 19.1 Å². The van der Waals surface area contributed by atoms with Gasteiger partial charge in [-0.3, -0.25) is 19.8 Å². The third-order valence-corrected chi connectivity index (χ3v) is 3.06. The molecule has 20 heavy (non-hydrogen) atoms. The number of urea groups is 1. The molecule has 2 N–H and O–H groups in total. The molecular formula is C13H23N3O4. The lowest BCUT2D eigenvalue weighted by Gasteiger charge is -2.21. The predicted molar refractivity (Wildman–Crippen MR) is 73.1 cm³/mol. The van der Waals surface area contributed by atoms with E-state index >= 15 is 0 Å². The molecule has 1 fully saturated rings. The minimum Gasteiger partial charge on any atom is -0.465 e. The number of esters is 1. The van der Waals surface area contributed by atoms with Gasteiger partial charge in [-0.1, -0.05) is 6.92 Å². The monoisotopic (exact) mass is 285 g/mol. The first-order chi connectivity index (χ1) is 9.58. The molecule has 0 aromatic rings. The largest absolute Gasteiger partial charge is 0.465 e. The fourth-order valence-electron chi connectivity index (χ4n) is 2.15. The quantitative estimate of drug-likeness (QED) is 0.683. The highest BCUT2D eigenvalue weighted by molar-refractivity contribution is 5.95. The number of hydrogen-bond donors (Lipinski definition) is 2. The summed E-state index contributed by atoms with van der Waals surface area (Å²) in [5, 5.41) is 4.81. The first-order valence-electron chi connectivity index (χ1n) is 7.06. The van der Waals surface area contributed by atoms with Crippen molar-refractivity contribution in [1.29, 1.82) is 0 Å². The van der Waals surface area contributed by atoms with Crippen molar-refractivity contribution >= 4 is 17.9 Å². The van der Waals surface area contributed by atoms with Crippen molar-refractivity contribution in [1.82, 2.24) is 15.5 Å². The third kappa shape index (κ3) is 5.16. The fraction of sp³-hybridized carbons (Fsp3) is 0.769. The number of imide groups is 1. The maximum atomic E-state index is 11.7. The molecule has 0 saturated carbocycles. The molecule has 0 aromatic heterocycles. The van der Waals surface area contributed by atoms with Crippen LogP contribution in [-0.2, 0) is 14.3 Å². The van der Waals surface area contributed by atoms with E-state index in [4.69, 9.17) is 4.74 Å². The lowest BCUT2D eigenvalue weighted by Crippen LogP contribution is -2.47. The van der Waals surface area contributed by atoms with E-state index < -0.39 is 11.9 Å². The van der Waals surface area contributed by atoms with Crippen LogP contribution in [-0.4, -0.2) is 55.1 Å². The number of nitrogens with zero attached hydrogens (tertiary/aromatic N) is 1. The molecule has 1 unspecified atom stereocenters. The van der Waals surface area contributed by atoms with Gasteiger partial charge in [0.25, 0.3) is 0 Å². The number of amides is 3. The number of carbonyl (C=O) groups is 3. The van der Waals surface area contributed by atoms with Crippen molar-refractivity contribution in [3.63, 3.8) is 0 Å². The second-order valence-electron chi connectivity index (χ2n) is 4.68. The Hall–Kier alpha value is -1.63. The van der Waals surface area contributed by atoms with Gasteiger partial charge in [-0.2, -0.15) is 0 Å². The van der Waals surface area contributed by atoms with Gasteiger partial charge < -0.3 is 10.1 Å². The smallest absolute Gasteiger partial charge is 0.323 e. The summed E-state index contributed by atoms with van der Waals surface area (Å²) in [6.45, 7) is 5.22. The third-order valence-electron chi connectivity index (χ3n) is 3.06. The van der Waals surface area contributed by atoms with Crippen LogP contribution in [0.2, 0.25) is 0 Å². The van der Waals surface area contributed by atoms with Gasteiger partial charge in [-0.15, -0.1) is 0 Å². The standard InChI is InChI=1S/C13H23N3O4/c1-3-7-14-13(19)15-11(17)9-16-8-5-6-10(16)12(18)20-4-2/h10H,3-9H2,1-2H3,(H2,14,15,17,19). The molecule has 0 radical (unpaired) electrons. The Labute approximate surface area is 119 Å². The van der Waals surface area contributed by atoms with Crippen LogP contribution in [0, 0.1) is 0 Å². The minimum atomic E-state index is -0.497. The molecule has 114 valence electrons. The molecular weight excluding hydrogens is 262 g/mol. The van der Waals surface area contributed by atoms with Crippen molar-refractivity contribution in [3.8, 4) is 0 Å². The Balaban J connectivity index is 2.40. The number of nitrogens with one attached hydrogen (secondary N) is 2. The van der Waals surface area contributed by atoms with Gasteiger partial charge >= 0.3 is 12.0 Å². The summed E-state index contributed by atoms with van der Waals surface area (Å²) in [5.74, 6) is -0.706. The summed E-state index contributed by atoms with van der Waals surface area (Å²) < 4.78 is 4.98. The minimum absolute atomic E-state index is 0.0308. The molecule has 0 aromatic carbocycles. The summed E-state index contributed by atoms with van der Waals surface area (Å²) in [4.78, 5) is 36.6. The SMILES string of the molecule is CCCNC(=O)NC(=O)CN1CCCC1C(=O)OCC. The van der Waals surface area contributed by atoms with Crippen LogP contribution in [0.4, 0.5) is 4.79 Å². The summed E-state index contributed by atoms with van der Waals surface area (Å²) in [6.07, 6.45) is 2.34. The average Bonchev–Trinajstić information content (AvgIpc) is 2.84. The van der Waals surface area contributed by atoms with E-state index in [0.29, 0.717) is 26.1 Å². The van der Waals surface area contributed by atoms with Crippen molar-refractivity contribution in [2.45, 2.75) is 39.2 Å². The molecule has 3 amide bonds.